The molecule has 0 radical (unpaired) electrons. The zero-order valence-electron chi connectivity index (χ0n) is 11.4. The molecule has 0 amide bonds. The van der Waals surface area contributed by atoms with Gasteiger partial charge in [-0.1, -0.05) is 31.5 Å². The van der Waals surface area contributed by atoms with Crippen molar-refractivity contribution in [1.29, 1.82) is 0 Å². The van der Waals surface area contributed by atoms with E-state index in [0.717, 1.165) is 5.56 Å². The summed E-state index contributed by atoms with van der Waals surface area (Å²) in [5.41, 5.74) is 5.87. The Hall–Kier alpha value is -0.770. The summed E-state index contributed by atoms with van der Waals surface area (Å²) in [6.07, 6.45) is 0. The third kappa shape index (κ3) is 3.87. The van der Waals surface area contributed by atoms with E-state index in [2.05, 4.69) is 0 Å². The van der Waals surface area contributed by atoms with Crippen LogP contribution in [0.4, 0.5) is 0 Å². The van der Waals surface area contributed by atoms with Gasteiger partial charge in [-0.15, -0.1) is 0 Å². The second-order valence-electron chi connectivity index (χ2n) is 5.28. The average molecular weight is 272 g/mol. The first-order valence-corrected chi connectivity index (χ1v) is 6.52. The zero-order chi connectivity index (χ0) is 13.9. The number of hydrogen-bond donors (Lipinski definition) is 2. The fourth-order valence-electron chi connectivity index (χ4n) is 1.31. The van der Waals surface area contributed by atoms with Crippen LogP contribution in [-0.2, 0) is 0 Å². The highest BCUT2D eigenvalue weighted by molar-refractivity contribution is 6.32. The molecule has 0 saturated heterocycles. The van der Waals surface area contributed by atoms with Crippen LogP contribution < -0.4 is 10.5 Å². The molecular formula is C14H22ClNO2. The number of rotatable bonds is 5. The Balaban J connectivity index is 2.75. The molecule has 0 bridgehead atoms. The van der Waals surface area contributed by atoms with E-state index < -0.39 is 5.60 Å². The molecule has 1 aromatic carbocycles. The molecule has 102 valence electrons. The topological polar surface area (TPSA) is 55.5 Å². The number of ether oxygens (including phenoxy) is 1. The van der Waals surface area contributed by atoms with Crippen molar-refractivity contribution in [2.24, 2.45) is 11.7 Å². The van der Waals surface area contributed by atoms with Gasteiger partial charge >= 0.3 is 0 Å². The summed E-state index contributed by atoms with van der Waals surface area (Å²) in [5, 5.41) is 10.6. The first-order valence-electron chi connectivity index (χ1n) is 6.14. The second-order valence-corrected chi connectivity index (χ2v) is 5.69. The summed E-state index contributed by atoms with van der Waals surface area (Å²) in [6.45, 7) is 7.76. The molecule has 4 heteroatoms. The summed E-state index contributed by atoms with van der Waals surface area (Å²) in [5.74, 6) is 0.682. The lowest BCUT2D eigenvalue weighted by Gasteiger charge is -2.27. The Morgan fingerprint density at radius 3 is 2.44 bits per heavy atom. The van der Waals surface area contributed by atoms with Gasteiger partial charge in [0, 0.05) is 6.04 Å². The standard InChI is InChI=1S/C14H22ClNO2/c1-9(2)14(4,17)8-18-13-6-5-11(10(3)16)7-12(13)15/h5-7,9-10,17H,8,16H2,1-4H3/t10-,14?/m0/s1. The number of benzene rings is 1. The van der Waals surface area contributed by atoms with Crippen molar-refractivity contribution in [2.45, 2.75) is 39.3 Å². The van der Waals surface area contributed by atoms with Crippen molar-refractivity contribution >= 4 is 11.6 Å². The Morgan fingerprint density at radius 1 is 1.39 bits per heavy atom. The van der Waals surface area contributed by atoms with Gasteiger partial charge in [-0.05, 0) is 37.5 Å². The highest BCUT2D eigenvalue weighted by atomic mass is 35.5. The fraction of sp³-hybridized carbons (Fsp3) is 0.571. The predicted octanol–water partition coefficient (Wildman–Crippen LogP) is 3.15. The molecule has 0 saturated carbocycles. The Bertz CT molecular complexity index is 403. The van der Waals surface area contributed by atoms with E-state index in [9.17, 15) is 5.11 Å². The molecule has 1 unspecified atom stereocenters. The van der Waals surface area contributed by atoms with Gasteiger partial charge in [0.25, 0.3) is 0 Å². The average Bonchev–Trinajstić information content (AvgIpc) is 2.26. The Labute approximate surface area is 114 Å². The number of nitrogens with two attached hydrogens (primary N) is 1. The largest absolute Gasteiger partial charge is 0.489 e. The van der Waals surface area contributed by atoms with Crippen LogP contribution in [0.5, 0.6) is 5.75 Å². The summed E-state index contributed by atoms with van der Waals surface area (Å²) in [7, 11) is 0. The maximum Gasteiger partial charge on any atom is 0.138 e. The third-order valence-electron chi connectivity index (χ3n) is 3.25. The molecule has 0 aliphatic rings. The zero-order valence-corrected chi connectivity index (χ0v) is 12.2. The number of hydrogen-bond acceptors (Lipinski definition) is 3. The van der Waals surface area contributed by atoms with E-state index in [4.69, 9.17) is 22.1 Å². The maximum atomic E-state index is 10.1. The molecule has 1 rings (SSSR count). The monoisotopic (exact) mass is 271 g/mol. The van der Waals surface area contributed by atoms with Crippen molar-refractivity contribution in [3.05, 3.63) is 28.8 Å². The van der Waals surface area contributed by atoms with Crippen LogP contribution in [0.3, 0.4) is 0 Å². The van der Waals surface area contributed by atoms with E-state index in [0.29, 0.717) is 10.8 Å². The van der Waals surface area contributed by atoms with Gasteiger partial charge in [-0.2, -0.15) is 0 Å². The normalized spacial score (nSPS) is 16.4. The summed E-state index contributed by atoms with van der Waals surface area (Å²) in [6, 6.07) is 5.41. The van der Waals surface area contributed by atoms with E-state index in [1.165, 1.54) is 0 Å². The molecule has 0 fully saturated rings. The van der Waals surface area contributed by atoms with Gasteiger partial charge in [0.05, 0.1) is 10.6 Å². The summed E-state index contributed by atoms with van der Waals surface area (Å²) in [4.78, 5) is 0. The van der Waals surface area contributed by atoms with Gasteiger partial charge in [0.2, 0.25) is 0 Å². The van der Waals surface area contributed by atoms with Gasteiger partial charge < -0.3 is 15.6 Å². The molecular weight excluding hydrogens is 250 g/mol. The molecule has 18 heavy (non-hydrogen) atoms. The van der Waals surface area contributed by atoms with E-state index >= 15 is 0 Å². The van der Waals surface area contributed by atoms with Crippen LogP contribution in [0.1, 0.15) is 39.3 Å². The highest BCUT2D eigenvalue weighted by Gasteiger charge is 2.26. The summed E-state index contributed by atoms with van der Waals surface area (Å²) >= 11 is 6.12. The second kappa shape index (κ2) is 5.91. The molecule has 3 nitrogen and oxygen atoms in total. The van der Waals surface area contributed by atoms with Crippen molar-refractivity contribution < 1.29 is 9.84 Å². The predicted molar refractivity (Wildman–Crippen MR) is 75.0 cm³/mol. The fourth-order valence-corrected chi connectivity index (χ4v) is 1.55. The van der Waals surface area contributed by atoms with Crippen molar-refractivity contribution in [3.8, 4) is 5.75 Å². The maximum absolute atomic E-state index is 10.1. The first-order chi connectivity index (χ1) is 8.24. The van der Waals surface area contributed by atoms with Gasteiger partial charge in [0.15, 0.2) is 0 Å². The number of halogens is 1. The third-order valence-corrected chi connectivity index (χ3v) is 3.54. The molecule has 0 spiro atoms. The van der Waals surface area contributed by atoms with Crippen LogP contribution in [0.2, 0.25) is 5.02 Å². The molecule has 0 heterocycles. The van der Waals surface area contributed by atoms with E-state index in [1.807, 2.05) is 26.8 Å². The van der Waals surface area contributed by atoms with E-state index in [1.54, 1.807) is 19.1 Å². The van der Waals surface area contributed by atoms with Crippen molar-refractivity contribution in [2.75, 3.05) is 6.61 Å². The molecule has 2 atom stereocenters. The quantitative estimate of drug-likeness (QED) is 0.865. The Kier molecular flexibility index (Phi) is 5.02. The Morgan fingerprint density at radius 2 is 2.00 bits per heavy atom. The molecule has 0 aromatic heterocycles. The number of aliphatic hydroxyl groups is 1. The van der Waals surface area contributed by atoms with Crippen LogP contribution in [0, 0.1) is 5.92 Å². The van der Waals surface area contributed by atoms with Crippen LogP contribution in [0.15, 0.2) is 18.2 Å². The molecule has 1 aromatic rings. The molecule has 0 aliphatic heterocycles. The molecule has 0 aliphatic carbocycles. The minimum atomic E-state index is -0.872. The summed E-state index contributed by atoms with van der Waals surface area (Å²) < 4.78 is 5.57. The molecule has 3 N–H and O–H groups in total. The van der Waals surface area contributed by atoms with Crippen LogP contribution in [-0.4, -0.2) is 17.3 Å². The minimum absolute atomic E-state index is 0.0599. The SMILES string of the molecule is CC(C)C(C)(O)COc1ccc([C@H](C)N)cc1Cl. The van der Waals surface area contributed by atoms with Crippen LogP contribution >= 0.6 is 11.6 Å². The van der Waals surface area contributed by atoms with Crippen molar-refractivity contribution in [1.82, 2.24) is 0 Å². The van der Waals surface area contributed by atoms with Gasteiger partial charge in [0.1, 0.15) is 12.4 Å². The van der Waals surface area contributed by atoms with Gasteiger partial charge in [-0.3, -0.25) is 0 Å². The lowest BCUT2D eigenvalue weighted by atomic mass is 9.94. The minimum Gasteiger partial charge on any atom is -0.489 e. The highest BCUT2D eigenvalue weighted by Crippen LogP contribution is 2.28. The lowest BCUT2D eigenvalue weighted by molar-refractivity contribution is -0.0266. The first kappa shape index (κ1) is 15.3. The van der Waals surface area contributed by atoms with E-state index in [-0.39, 0.29) is 18.6 Å². The lowest BCUT2D eigenvalue weighted by Crippen LogP contribution is -2.37. The van der Waals surface area contributed by atoms with Gasteiger partial charge in [-0.25, -0.2) is 0 Å². The van der Waals surface area contributed by atoms with Crippen molar-refractivity contribution in [3.63, 3.8) is 0 Å². The van der Waals surface area contributed by atoms with Crippen LogP contribution in [0.25, 0.3) is 0 Å². The smallest absolute Gasteiger partial charge is 0.138 e.